The zero-order chi connectivity index (χ0) is 12.0. The van der Waals surface area contributed by atoms with E-state index in [2.05, 4.69) is 32.2 Å². The first-order chi connectivity index (χ1) is 7.59. The highest BCUT2D eigenvalue weighted by molar-refractivity contribution is 6.30. The Hall–Kier alpha value is -0.530. The molecule has 0 radical (unpaired) electrons. The summed E-state index contributed by atoms with van der Waals surface area (Å²) in [6.07, 6.45) is 2.53. The summed E-state index contributed by atoms with van der Waals surface area (Å²) in [6.45, 7) is 7.79. The van der Waals surface area contributed by atoms with Gasteiger partial charge in [-0.25, -0.2) is 0 Å². The number of nitrogens with one attached hydrogen (secondary N) is 1. The lowest BCUT2D eigenvalue weighted by atomic mass is 10.1. The number of halogens is 1. The van der Waals surface area contributed by atoms with Gasteiger partial charge >= 0.3 is 0 Å². The third kappa shape index (κ3) is 5.00. The molecule has 0 fully saturated rings. The van der Waals surface area contributed by atoms with Gasteiger partial charge in [0, 0.05) is 11.1 Å². The van der Waals surface area contributed by atoms with Gasteiger partial charge in [0.05, 0.1) is 0 Å². The fourth-order valence-corrected chi connectivity index (χ4v) is 1.92. The topological polar surface area (TPSA) is 12.0 Å². The van der Waals surface area contributed by atoms with Gasteiger partial charge in [-0.1, -0.05) is 37.6 Å². The Balaban J connectivity index is 2.32. The average molecular weight is 240 g/mol. The fraction of sp³-hybridized carbons (Fsp3) is 0.571. The maximum Gasteiger partial charge on any atom is 0.0409 e. The molecule has 0 spiro atoms. The van der Waals surface area contributed by atoms with E-state index in [0.717, 1.165) is 17.5 Å². The summed E-state index contributed by atoms with van der Waals surface area (Å²) in [7, 11) is 0. The van der Waals surface area contributed by atoms with E-state index >= 15 is 0 Å². The standard InChI is InChI=1S/C14H22ClN/c1-11(2)6-5-9-16-12(3)13-7-4-8-14(15)10-13/h4,7-8,10-12,16H,5-6,9H2,1-3H3/t12-/m1/s1. The van der Waals surface area contributed by atoms with E-state index in [1.165, 1.54) is 18.4 Å². The molecule has 16 heavy (non-hydrogen) atoms. The monoisotopic (exact) mass is 239 g/mol. The summed E-state index contributed by atoms with van der Waals surface area (Å²) in [4.78, 5) is 0. The molecule has 0 aliphatic heterocycles. The number of hydrogen-bond donors (Lipinski definition) is 1. The van der Waals surface area contributed by atoms with Gasteiger partial charge in [-0.3, -0.25) is 0 Å². The fourth-order valence-electron chi connectivity index (χ4n) is 1.72. The summed E-state index contributed by atoms with van der Waals surface area (Å²) in [5.74, 6) is 0.795. The Morgan fingerprint density at radius 1 is 1.25 bits per heavy atom. The minimum atomic E-state index is 0.380. The summed E-state index contributed by atoms with van der Waals surface area (Å²) >= 11 is 5.96. The van der Waals surface area contributed by atoms with Crippen molar-refractivity contribution in [2.24, 2.45) is 5.92 Å². The third-order valence-corrected chi connectivity index (χ3v) is 2.99. The van der Waals surface area contributed by atoms with Crippen LogP contribution in [0.2, 0.25) is 5.02 Å². The van der Waals surface area contributed by atoms with Crippen LogP contribution >= 0.6 is 11.6 Å². The van der Waals surface area contributed by atoms with Crippen molar-refractivity contribution in [1.29, 1.82) is 0 Å². The Morgan fingerprint density at radius 3 is 2.62 bits per heavy atom. The van der Waals surface area contributed by atoms with Crippen LogP contribution in [-0.4, -0.2) is 6.54 Å². The van der Waals surface area contributed by atoms with Gasteiger partial charge in [0.1, 0.15) is 0 Å². The molecule has 0 aromatic heterocycles. The smallest absolute Gasteiger partial charge is 0.0409 e. The average Bonchev–Trinajstić information content (AvgIpc) is 2.24. The molecule has 0 heterocycles. The quantitative estimate of drug-likeness (QED) is 0.725. The molecular weight excluding hydrogens is 218 g/mol. The van der Waals surface area contributed by atoms with E-state index in [4.69, 9.17) is 11.6 Å². The van der Waals surface area contributed by atoms with Crippen LogP contribution in [0.15, 0.2) is 24.3 Å². The SMILES string of the molecule is CC(C)CCCN[C@H](C)c1cccc(Cl)c1. The van der Waals surface area contributed by atoms with E-state index in [0.29, 0.717) is 6.04 Å². The first-order valence-corrected chi connectivity index (χ1v) is 6.46. The minimum Gasteiger partial charge on any atom is -0.310 e. The van der Waals surface area contributed by atoms with E-state index in [1.54, 1.807) is 0 Å². The molecule has 2 heteroatoms. The molecule has 1 nitrogen and oxygen atoms in total. The molecule has 90 valence electrons. The molecule has 0 bridgehead atoms. The van der Waals surface area contributed by atoms with Gasteiger partial charge in [-0.2, -0.15) is 0 Å². The third-order valence-electron chi connectivity index (χ3n) is 2.76. The van der Waals surface area contributed by atoms with Gasteiger partial charge in [0.15, 0.2) is 0 Å². The Kier molecular flexibility index (Phi) is 5.86. The molecule has 0 unspecified atom stereocenters. The van der Waals surface area contributed by atoms with Crippen LogP contribution in [0.1, 0.15) is 45.2 Å². The molecular formula is C14H22ClN. The van der Waals surface area contributed by atoms with Crippen LogP contribution in [-0.2, 0) is 0 Å². The molecule has 1 N–H and O–H groups in total. The lowest BCUT2D eigenvalue weighted by Gasteiger charge is -2.15. The highest BCUT2D eigenvalue weighted by Crippen LogP contribution is 2.17. The summed E-state index contributed by atoms with van der Waals surface area (Å²) < 4.78 is 0. The molecule has 0 aliphatic rings. The highest BCUT2D eigenvalue weighted by atomic mass is 35.5. The molecule has 0 saturated carbocycles. The molecule has 1 atom stereocenters. The first kappa shape index (κ1) is 13.5. The molecule has 0 saturated heterocycles. The molecule has 1 aromatic rings. The number of rotatable bonds is 6. The second-order valence-electron chi connectivity index (χ2n) is 4.77. The zero-order valence-corrected chi connectivity index (χ0v) is 11.2. The number of hydrogen-bond acceptors (Lipinski definition) is 1. The van der Waals surface area contributed by atoms with Crippen LogP contribution in [0.3, 0.4) is 0 Å². The molecule has 0 amide bonds. The van der Waals surface area contributed by atoms with Gasteiger partial charge in [-0.15, -0.1) is 0 Å². The zero-order valence-electron chi connectivity index (χ0n) is 10.5. The molecule has 0 aliphatic carbocycles. The number of benzene rings is 1. The van der Waals surface area contributed by atoms with E-state index < -0.39 is 0 Å². The summed E-state index contributed by atoms with van der Waals surface area (Å²) in [5, 5.41) is 4.34. The van der Waals surface area contributed by atoms with Crippen molar-refractivity contribution in [1.82, 2.24) is 5.32 Å². The minimum absolute atomic E-state index is 0.380. The summed E-state index contributed by atoms with van der Waals surface area (Å²) in [6, 6.07) is 8.44. The molecule has 1 aromatic carbocycles. The van der Waals surface area contributed by atoms with Crippen LogP contribution in [0.5, 0.6) is 0 Å². The second-order valence-corrected chi connectivity index (χ2v) is 5.20. The molecule has 1 rings (SSSR count). The van der Waals surface area contributed by atoms with Crippen molar-refractivity contribution in [2.45, 2.75) is 39.7 Å². The van der Waals surface area contributed by atoms with Gasteiger partial charge in [0.2, 0.25) is 0 Å². The lowest BCUT2D eigenvalue weighted by Crippen LogP contribution is -2.20. The lowest BCUT2D eigenvalue weighted by molar-refractivity contribution is 0.497. The van der Waals surface area contributed by atoms with Crippen molar-refractivity contribution < 1.29 is 0 Å². The maximum atomic E-state index is 5.96. The van der Waals surface area contributed by atoms with E-state index in [9.17, 15) is 0 Å². The van der Waals surface area contributed by atoms with Crippen LogP contribution in [0, 0.1) is 5.92 Å². The van der Waals surface area contributed by atoms with Crippen molar-refractivity contribution in [3.63, 3.8) is 0 Å². The summed E-state index contributed by atoms with van der Waals surface area (Å²) in [5.41, 5.74) is 1.26. The van der Waals surface area contributed by atoms with Gasteiger partial charge < -0.3 is 5.32 Å². The van der Waals surface area contributed by atoms with E-state index in [-0.39, 0.29) is 0 Å². The van der Waals surface area contributed by atoms with Crippen LogP contribution in [0.25, 0.3) is 0 Å². The van der Waals surface area contributed by atoms with Crippen molar-refractivity contribution in [3.05, 3.63) is 34.9 Å². The Labute approximate surface area is 104 Å². The maximum absolute atomic E-state index is 5.96. The largest absolute Gasteiger partial charge is 0.310 e. The van der Waals surface area contributed by atoms with Gasteiger partial charge in [-0.05, 0) is 49.9 Å². The second kappa shape index (κ2) is 6.93. The normalized spacial score (nSPS) is 13.1. The van der Waals surface area contributed by atoms with Crippen LogP contribution < -0.4 is 5.32 Å². The van der Waals surface area contributed by atoms with Crippen molar-refractivity contribution in [3.8, 4) is 0 Å². The highest BCUT2D eigenvalue weighted by Gasteiger charge is 2.04. The van der Waals surface area contributed by atoms with Gasteiger partial charge in [0.25, 0.3) is 0 Å². The first-order valence-electron chi connectivity index (χ1n) is 6.08. The van der Waals surface area contributed by atoms with Crippen LogP contribution in [0.4, 0.5) is 0 Å². The Bertz CT molecular complexity index is 309. The van der Waals surface area contributed by atoms with Crippen molar-refractivity contribution >= 4 is 11.6 Å². The predicted molar refractivity (Wildman–Crippen MR) is 71.9 cm³/mol. The Morgan fingerprint density at radius 2 is 2.00 bits per heavy atom. The predicted octanol–water partition coefficient (Wildman–Crippen LogP) is 4.43. The van der Waals surface area contributed by atoms with E-state index in [1.807, 2.05) is 18.2 Å². The van der Waals surface area contributed by atoms with Crippen molar-refractivity contribution in [2.75, 3.05) is 6.54 Å².